The van der Waals surface area contributed by atoms with Crippen molar-refractivity contribution in [3.8, 4) is 0 Å². The van der Waals surface area contributed by atoms with Crippen LogP contribution in [0.3, 0.4) is 0 Å². The molecule has 1 fully saturated rings. The predicted molar refractivity (Wildman–Crippen MR) is 84.9 cm³/mol. The molecule has 1 aromatic heterocycles. The lowest BCUT2D eigenvalue weighted by molar-refractivity contribution is 0.285. The quantitative estimate of drug-likeness (QED) is 0.896. The average Bonchev–Trinajstić information content (AvgIpc) is 2.47. The van der Waals surface area contributed by atoms with Gasteiger partial charge in [0.15, 0.2) is 0 Å². The Kier molecular flexibility index (Phi) is 5.38. The van der Waals surface area contributed by atoms with E-state index < -0.39 is 0 Å². The molecule has 0 bridgehead atoms. The van der Waals surface area contributed by atoms with Crippen LogP contribution in [0, 0.1) is 5.92 Å². The summed E-state index contributed by atoms with van der Waals surface area (Å²) in [5.74, 6) is 0.835. The summed E-state index contributed by atoms with van der Waals surface area (Å²) in [5.41, 5.74) is 8.24. The summed E-state index contributed by atoms with van der Waals surface area (Å²) >= 11 is 0. The van der Waals surface area contributed by atoms with Crippen LogP contribution in [0.15, 0.2) is 18.3 Å². The molecule has 1 atom stereocenters. The van der Waals surface area contributed by atoms with E-state index in [1.54, 1.807) is 0 Å². The fraction of sp³-hybridized carbons (Fsp3) is 0.688. The van der Waals surface area contributed by atoms with Gasteiger partial charge in [-0.15, -0.1) is 0 Å². The SMILES string of the molecule is CCC(N)c1ccc(N2CCC(CN(C)C)CC2)cn1. The predicted octanol–water partition coefficient (Wildman–Crippen LogP) is 2.27. The van der Waals surface area contributed by atoms with Crippen LogP contribution < -0.4 is 10.6 Å². The van der Waals surface area contributed by atoms with E-state index in [0.29, 0.717) is 0 Å². The molecule has 0 spiro atoms. The minimum Gasteiger partial charge on any atom is -0.370 e. The minimum absolute atomic E-state index is 0.0647. The molecule has 1 unspecified atom stereocenters. The van der Waals surface area contributed by atoms with Crippen LogP contribution in [0.2, 0.25) is 0 Å². The van der Waals surface area contributed by atoms with E-state index >= 15 is 0 Å². The van der Waals surface area contributed by atoms with Crippen LogP contribution >= 0.6 is 0 Å². The topological polar surface area (TPSA) is 45.4 Å². The third kappa shape index (κ3) is 3.93. The molecular weight excluding hydrogens is 248 g/mol. The second-order valence-corrected chi connectivity index (χ2v) is 6.15. The van der Waals surface area contributed by atoms with E-state index in [1.807, 2.05) is 6.20 Å². The van der Waals surface area contributed by atoms with Gasteiger partial charge in [0.2, 0.25) is 0 Å². The summed E-state index contributed by atoms with van der Waals surface area (Å²) in [6, 6.07) is 4.31. The van der Waals surface area contributed by atoms with Crippen molar-refractivity contribution in [2.24, 2.45) is 11.7 Å². The Morgan fingerprint density at radius 2 is 2.05 bits per heavy atom. The number of aromatic nitrogens is 1. The Bertz CT molecular complexity index is 393. The molecule has 0 aliphatic carbocycles. The highest BCUT2D eigenvalue weighted by molar-refractivity contribution is 5.45. The first kappa shape index (κ1) is 15.3. The van der Waals surface area contributed by atoms with Crippen molar-refractivity contribution in [2.45, 2.75) is 32.2 Å². The zero-order valence-corrected chi connectivity index (χ0v) is 13.0. The summed E-state index contributed by atoms with van der Waals surface area (Å²) in [5, 5.41) is 0. The molecule has 0 radical (unpaired) electrons. The smallest absolute Gasteiger partial charge is 0.0572 e. The van der Waals surface area contributed by atoms with Gasteiger partial charge < -0.3 is 15.5 Å². The average molecular weight is 276 g/mol. The van der Waals surface area contributed by atoms with Crippen molar-refractivity contribution in [2.75, 3.05) is 38.6 Å². The number of hydrogen-bond acceptors (Lipinski definition) is 4. The van der Waals surface area contributed by atoms with E-state index in [4.69, 9.17) is 5.73 Å². The molecule has 2 rings (SSSR count). The fourth-order valence-electron chi connectivity index (χ4n) is 2.90. The van der Waals surface area contributed by atoms with Gasteiger partial charge in [-0.2, -0.15) is 0 Å². The standard InChI is InChI=1S/C16H28N4/c1-4-15(17)16-6-5-14(11-18-16)20-9-7-13(8-10-20)12-19(2)3/h5-6,11,13,15H,4,7-10,12,17H2,1-3H3. The van der Waals surface area contributed by atoms with Crippen LogP contribution in [0.5, 0.6) is 0 Å². The Morgan fingerprint density at radius 1 is 1.35 bits per heavy atom. The monoisotopic (exact) mass is 276 g/mol. The van der Waals surface area contributed by atoms with Gasteiger partial charge in [-0.05, 0) is 51.4 Å². The van der Waals surface area contributed by atoms with E-state index in [0.717, 1.165) is 31.1 Å². The first-order valence-corrected chi connectivity index (χ1v) is 7.71. The second kappa shape index (κ2) is 7.04. The Morgan fingerprint density at radius 3 is 2.55 bits per heavy atom. The molecule has 2 heterocycles. The number of anilines is 1. The molecule has 4 heteroatoms. The van der Waals surface area contributed by atoms with E-state index in [1.165, 1.54) is 25.1 Å². The number of hydrogen-bond donors (Lipinski definition) is 1. The van der Waals surface area contributed by atoms with Gasteiger partial charge in [-0.25, -0.2) is 0 Å². The Hall–Kier alpha value is -1.13. The molecular formula is C16H28N4. The van der Waals surface area contributed by atoms with Crippen LogP contribution in [0.25, 0.3) is 0 Å². The van der Waals surface area contributed by atoms with Gasteiger partial charge in [0, 0.05) is 25.7 Å². The van der Waals surface area contributed by atoms with Gasteiger partial charge in [0.1, 0.15) is 0 Å². The van der Waals surface area contributed by atoms with Crippen LogP contribution in [-0.4, -0.2) is 43.6 Å². The largest absolute Gasteiger partial charge is 0.370 e. The number of pyridine rings is 1. The van der Waals surface area contributed by atoms with E-state index in [2.05, 4.69) is 47.9 Å². The van der Waals surface area contributed by atoms with Crippen molar-refractivity contribution in [1.29, 1.82) is 0 Å². The first-order chi connectivity index (χ1) is 9.60. The lowest BCUT2D eigenvalue weighted by atomic mass is 9.96. The third-order valence-electron chi connectivity index (χ3n) is 4.19. The van der Waals surface area contributed by atoms with Crippen molar-refractivity contribution in [1.82, 2.24) is 9.88 Å². The van der Waals surface area contributed by atoms with Gasteiger partial charge >= 0.3 is 0 Å². The summed E-state index contributed by atoms with van der Waals surface area (Å²) in [7, 11) is 4.32. The van der Waals surface area contributed by atoms with Crippen LogP contribution in [0.1, 0.15) is 37.9 Å². The van der Waals surface area contributed by atoms with Crippen molar-refractivity contribution in [3.63, 3.8) is 0 Å². The van der Waals surface area contributed by atoms with Gasteiger partial charge in [-0.3, -0.25) is 4.98 Å². The second-order valence-electron chi connectivity index (χ2n) is 6.15. The number of nitrogens with zero attached hydrogens (tertiary/aromatic N) is 3. The van der Waals surface area contributed by atoms with Crippen molar-refractivity contribution in [3.05, 3.63) is 24.0 Å². The summed E-state index contributed by atoms with van der Waals surface area (Å²) in [6.07, 6.45) is 5.46. The molecule has 0 aromatic carbocycles. The first-order valence-electron chi connectivity index (χ1n) is 7.71. The number of nitrogens with two attached hydrogens (primary N) is 1. The summed E-state index contributed by atoms with van der Waals surface area (Å²) in [6.45, 7) is 5.57. The highest BCUT2D eigenvalue weighted by Gasteiger charge is 2.20. The normalized spacial score (nSPS) is 18.6. The molecule has 1 aromatic rings. The highest BCUT2D eigenvalue weighted by Crippen LogP contribution is 2.24. The molecule has 0 saturated carbocycles. The fourth-order valence-corrected chi connectivity index (χ4v) is 2.90. The molecule has 1 saturated heterocycles. The summed E-state index contributed by atoms with van der Waals surface area (Å²) < 4.78 is 0. The maximum atomic E-state index is 6.01. The van der Waals surface area contributed by atoms with E-state index in [9.17, 15) is 0 Å². The van der Waals surface area contributed by atoms with Crippen molar-refractivity contribution >= 4 is 5.69 Å². The Labute approximate surface area is 123 Å². The lowest BCUT2D eigenvalue weighted by Gasteiger charge is -2.34. The highest BCUT2D eigenvalue weighted by atomic mass is 15.1. The van der Waals surface area contributed by atoms with Gasteiger partial charge in [-0.1, -0.05) is 6.92 Å². The minimum atomic E-state index is 0.0647. The molecule has 0 amide bonds. The van der Waals surface area contributed by atoms with Crippen molar-refractivity contribution < 1.29 is 0 Å². The number of rotatable bonds is 5. The molecule has 20 heavy (non-hydrogen) atoms. The Balaban J connectivity index is 1.90. The number of piperidine rings is 1. The maximum Gasteiger partial charge on any atom is 0.0572 e. The maximum absolute atomic E-state index is 6.01. The molecule has 1 aliphatic heterocycles. The molecule has 1 aliphatic rings. The van der Waals surface area contributed by atoms with Gasteiger partial charge in [0.05, 0.1) is 17.6 Å². The third-order valence-corrected chi connectivity index (χ3v) is 4.19. The molecule has 112 valence electrons. The van der Waals surface area contributed by atoms with Crippen LogP contribution in [-0.2, 0) is 0 Å². The molecule has 2 N–H and O–H groups in total. The lowest BCUT2D eigenvalue weighted by Crippen LogP contribution is -2.37. The van der Waals surface area contributed by atoms with Gasteiger partial charge in [0.25, 0.3) is 0 Å². The molecule has 4 nitrogen and oxygen atoms in total. The zero-order valence-electron chi connectivity index (χ0n) is 13.0. The van der Waals surface area contributed by atoms with E-state index in [-0.39, 0.29) is 6.04 Å². The van der Waals surface area contributed by atoms with Crippen LogP contribution in [0.4, 0.5) is 5.69 Å². The zero-order chi connectivity index (χ0) is 14.5. The summed E-state index contributed by atoms with van der Waals surface area (Å²) in [4.78, 5) is 9.26.